The van der Waals surface area contributed by atoms with Gasteiger partial charge >= 0.3 is 0 Å². The van der Waals surface area contributed by atoms with Gasteiger partial charge in [0.1, 0.15) is 5.58 Å². The van der Waals surface area contributed by atoms with Gasteiger partial charge < -0.3 is 4.42 Å². The number of aromatic nitrogens is 4. The second-order valence-corrected chi connectivity index (χ2v) is 15.4. The second kappa shape index (κ2) is 16.9. The van der Waals surface area contributed by atoms with E-state index in [0.717, 1.165) is 33.2 Å². The van der Waals surface area contributed by atoms with Gasteiger partial charge in [-0.25, -0.2) is 4.98 Å². The smallest absolute Gasteiger partial charge is 0.227 e. The zero-order valence-electron chi connectivity index (χ0n) is 42.4. The third-order valence-electron chi connectivity index (χ3n) is 11.1. The maximum absolute atomic E-state index is 9.68. The first-order valence-corrected chi connectivity index (χ1v) is 20.5. The number of benzene rings is 5. The first-order chi connectivity index (χ1) is 33.5. The van der Waals surface area contributed by atoms with Crippen molar-refractivity contribution in [2.45, 2.75) is 46.3 Å². The highest BCUT2D eigenvalue weighted by Gasteiger charge is 2.16. The zero-order chi connectivity index (χ0) is 49.2. The molecule has 300 valence electrons. The van der Waals surface area contributed by atoms with E-state index in [9.17, 15) is 11.0 Å². The summed E-state index contributed by atoms with van der Waals surface area (Å²) >= 11 is 0. The predicted octanol–water partition coefficient (Wildman–Crippen LogP) is 14.0. The standard InChI is InChI=1S/C57H46N4O/c1-37-29-54(42-13-6-4-7-14-42)59-34-44(37)24-22-40-31-41(23-25-45-35-60-55(30-38(45)2)43-15-8-5-9-16-43)33-47(32-40)49-18-11-10-17-48(49)46-26-28-53(58-36-46)52-20-12-19-50-51-27-21-39(3)61-57(51)62-56(50)52/h4-21,26-36H,22-25H2,1-3H3/i22D2,23D2,24D2,25D2. The lowest BCUT2D eigenvalue weighted by Gasteiger charge is -2.15. The van der Waals surface area contributed by atoms with Gasteiger partial charge in [-0.15, -0.1) is 0 Å². The van der Waals surface area contributed by atoms with Gasteiger partial charge in [0.15, 0.2) is 0 Å². The summed E-state index contributed by atoms with van der Waals surface area (Å²) in [6, 6.07) is 47.8. The molecule has 0 aliphatic rings. The molecule has 0 aliphatic carbocycles. The molecule has 0 saturated heterocycles. The van der Waals surface area contributed by atoms with E-state index in [1.54, 1.807) is 32.2 Å². The Kier molecular flexibility index (Phi) is 8.30. The average molecular weight is 811 g/mol. The summed E-state index contributed by atoms with van der Waals surface area (Å²) in [5.41, 5.74) is 9.36. The summed E-state index contributed by atoms with van der Waals surface area (Å²) in [5.74, 6) is 0. The van der Waals surface area contributed by atoms with Crippen molar-refractivity contribution in [3.63, 3.8) is 0 Å². The summed E-state index contributed by atoms with van der Waals surface area (Å²) in [4.78, 5) is 18.6. The van der Waals surface area contributed by atoms with Crippen LogP contribution in [0.2, 0.25) is 0 Å². The minimum atomic E-state index is -2.81. The molecule has 0 radical (unpaired) electrons. The van der Waals surface area contributed by atoms with Crippen LogP contribution in [0, 0.1) is 20.8 Å². The summed E-state index contributed by atoms with van der Waals surface area (Å²) in [5, 5.41) is 1.83. The van der Waals surface area contributed by atoms with Gasteiger partial charge in [-0.2, -0.15) is 0 Å². The molecule has 0 atom stereocenters. The van der Waals surface area contributed by atoms with Gasteiger partial charge in [0.05, 0.1) is 17.1 Å². The van der Waals surface area contributed by atoms with Crippen LogP contribution in [0.4, 0.5) is 0 Å². The van der Waals surface area contributed by atoms with Crippen molar-refractivity contribution in [1.29, 1.82) is 0 Å². The third-order valence-corrected chi connectivity index (χ3v) is 11.1. The molecule has 5 aromatic heterocycles. The highest BCUT2D eigenvalue weighted by atomic mass is 16.3. The van der Waals surface area contributed by atoms with Crippen LogP contribution in [0.3, 0.4) is 0 Å². The highest BCUT2D eigenvalue weighted by molar-refractivity contribution is 6.08. The van der Waals surface area contributed by atoms with Gasteiger partial charge in [0, 0.05) is 68.3 Å². The fourth-order valence-corrected chi connectivity index (χ4v) is 7.79. The molecule has 0 fully saturated rings. The van der Waals surface area contributed by atoms with Gasteiger partial charge in [0.2, 0.25) is 5.71 Å². The maximum atomic E-state index is 9.68. The van der Waals surface area contributed by atoms with E-state index in [1.807, 2.05) is 134 Å². The van der Waals surface area contributed by atoms with Gasteiger partial charge in [-0.05, 0) is 133 Å². The number of hydrogen-bond acceptors (Lipinski definition) is 5. The quantitative estimate of drug-likeness (QED) is 0.130. The Morgan fingerprint density at radius 3 is 1.58 bits per heavy atom. The molecule has 0 amide bonds. The average Bonchev–Trinajstić information content (AvgIpc) is 3.74. The van der Waals surface area contributed by atoms with E-state index in [0.29, 0.717) is 61.8 Å². The molecule has 0 bridgehead atoms. The van der Waals surface area contributed by atoms with Crippen molar-refractivity contribution in [3.05, 3.63) is 215 Å². The van der Waals surface area contributed by atoms with Crippen LogP contribution in [0.5, 0.6) is 0 Å². The zero-order valence-corrected chi connectivity index (χ0v) is 34.4. The number of aryl methyl sites for hydroxylation is 7. The fraction of sp³-hybridized carbons (Fsp3) is 0.123. The summed E-state index contributed by atoms with van der Waals surface area (Å²) < 4.78 is 83.1. The topological polar surface area (TPSA) is 64.7 Å². The second-order valence-electron chi connectivity index (χ2n) is 15.4. The van der Waals surface area contributed by atoms with Crippen LogP contribution in [0.1, 0.15) is 50.0 Å². The molecule has 0 aliphatic heterocycles. The summed E-state index contributed by atoms with van der Waals surface area (Å²) in [6.07, 6.45) is -6.54. The van der Waals surface area contributed by atoms with Gasteiger partial charge in [0.25, 0.3) is 0 Å². The Labute approximate surface area is 374 Å². The lowest BCUT2D eigenvalue weighted by atomic mass is 9.90. The molecular weight excluding hydrogens is 757 g/mol. The maximum Gasteiger partial charge on any atom is 0.227 e. The summed E-state index contributed by atoms with van der Waals surface area (Å²) in [6.45, 7) is 5.35. The number of hydrogen-bond donors (Lipinski definition) is 0. The minimum absolute atomic E-state index is 0.0268. The van der Waals surface area contributed by atoms with Crippen molar-refractivity contribution in [2.24, 2.45) is 0 Å². The van der Waals surface area contributed by atoms with E-state index < -0.39 is 25.5 Å². The molecule has 0 spiro atoms. The molecule has 62 heavy (non-hydrogen) atoms. The Morgan fingerprint density at radius 2 is 1.00 bits per heavy atom. The molecule has 10 aromatic rings. The first-order valence-electron chi connectivity index (χ1n) is 24.5. The molecule has 5 nitrogen and oxygen atoms in total. The number of para-hydroxylation sites is 1. The monoisotopic (exact) mass is 810 g/mol. The van der Waals surface area contributed by atoms with E-state index in [4.69, 9.17) is 9.40 Å². The predicted molar refractivity (Wildman–Crippen MR) is 254 cm³/mol. The Hall–Kier alpha value is -7.50. The number of nitrogens with zero attached hydrogens (tertiary/aromatic N) is 4. The lowest BCUT2D eigenvalue weighted by Crippen LogP contribution is -2.00. The van der Waals surface area contributed by atoms with Crippen LogP contribution >= 0.6 is 0 Å². The van der Waals surface area contributed by atoms with Crippen LogP contribution < -0.4 is 0 Å². The molecule has 5 aromatic carbocycles. The number of furan rings is 1. The van der Waals surface area contributed by atoms with Crippen LogP contribution in [-0.2, 0) is 25.5 Å². The van der Waals surface area contributed by atoms with Crippen molar-refractivity contribution < 1.29 is 15.4 Å². The Balaban J connectivity index is 1.09. The van der Waals surface area contributed by atoms with E-state index in [1.165, 1.54) is 30.6 Å². The lowest BCUT2D eigenvalue weighted by molar-refractivity contribution is 0.653. The van der Waals surface area contributed by atoms with Crippen molar-refractivity contribution in [1.82, 2.24) is 19.9 Å². The summed E-state index contributed by atoms with van der Waals surface area (Å²) in [7, 11) is 0. The normalized spacial score (nSPS) is 14.2. The van der Waals surface area contributed by atoms with Gasteiger partial charge in [-0.1, -0.05) is 121 Å². The number of fused-ring (bicyclic) bond motifs is 3. The Bertz CT molecular complexity index is 3470. The molecule has 5 heterocycles. The first kappa shape index (κ1) is 30.5. The van der Waals surface area contributed by atoms with Gasteiger partial charge in [-0.3, -0.25) is 15.0 Å². The molecule has 0 unspecified atom stereocenters. The third kappa shape index (κ3) is 7.93. The largest absolute Gasteiger partial charge is 0.437 e. The fourth-order valence-electron chi connectivity index (χ4n) is 7.79. The number of rotatable bonds is 11. The SMILES string of the molecule is [2H]C([2H])(c1cc(-c2ccccc2-c2ccc(-c3cccc4c3oc3nc(C)ccc34)nc2)cc(C([2H])([2H])C([2H])([2H])c2cnc(-c3ccccc3)cc2C)c1)C([2H])([2H])c1cnc(-c2ccccc2)cc1C. The van der Waals surface area contributed by atoms with E-state index in [2.05, 4.69) is 15.0 Å². The Morgan fingerprint density at radius 1 is 0.435 bits per heavy atom. The number of pyridine rings is 4. The minimum Gasteiger partial charge on any atom is -0.437 e. The van der Waals surface area contributed by atoms with E-state index in [-0.39, 0.29) is 22.3 Å². The molecular formula is C57H46N4O. The van der Waals surface area contributed by atoms with Crippen molar-refractivity contribution in [2.75, 3.05) is 0 Å². The van der Waals surface area contributed by atoms with Crippen molar-refractivity contribution >= 4 is 22.1 Å². The molecule has 10 rings (SSSR count). The van der Waals surface area contributed by atoms with Crippen LogP contribution in [0.15, 0.2) is 181 Å². The van der Waals surface area contributed by atoms with Crippen molar-refractivity contribution in [3.8, 4) is 56.0 Å². The van der Waals surface area contributed by atoms with Crippen LogP contribution in [-0.4, -0.2) is 19.9 Å². The molecule has 0 N–H and O–H groups in total. The van der Waals surface area contributed by atoms with E-state index >= 15 is 0 Å². The highest BCUT2D eigenvalue weighted by Crippen LogP contribution is 2.37. The molecule has 0 saturated carbocycles. The molecule has 5 heteroatoms. The van der Waals surface area contributed by atoms with Crippen LogP contribution in [0.25, 0.3) is 78.1 Å².